The second kappa shape index (κ2) is 7.45. The third-order valence-corrected chi connectivity index (χ3v) is 4.37. The number of benzene rings is 1. The van der Waals surface area contributed by atoms with Crippen LogP contribution in [0.3, 0.4) is 0 Å². The summed E-state index contributed by atoms with van der Waals surface area (Å²) in [6.45, 7) is 2.15. The lowest BCUT2D eigenvalue weighted by Gasteiger charge is -2.23. The molecule has 118 valence electrons. The van der Waals surface area contributed by atoms with Gasteiger partial charge < -0.3 is 15.4 Å². The first-order chi connectivity index (χ1) is 10.9. The number of nitrogens with one attached hydrogen (secondary N) is 2. The van der Waals surface area contributed by atoms with Gasteiger partial charge >= 0.3 is 0 Å². The van der Waals surface area contributed by atoms with Crippen molar-refractivity contribution in [3.05, 3.63) is 30.5 Å². The van der Waals surface area contributed by atoms with E-state index in [0.29, 0.717) is 6.04 Å². The van der Waals surface area contributed by atoms with Crippen molar-refractivity contribution in [1.29, 1.82) is 0 Å². The average Bonchev–Trinajstić information content (AvgIpc) is 2.59. The van der Waals surface area contributed by atoms with Crippen LogP contribution in [0.2, 0.25) is 0 Å². The molecule has 0 radical (unpaired) electrons. The van der Waals surface area contributed by atoms with E-state index < -0.39 is 0 Å². The van der Waals surface area contributed by atoms with Crippen molar-refractivity contribution in [3.63, 3.8) is 0 Å². The standard InChI is InChI=1S/C18H25N3O/c1-22-16-12-14-6-4-11-21-18(14)17(13-16)20-10-5-8-15-7-2-3-9-19-15/h4,6,11-13,15,19-20H,2-3,5,7-10H2,1H3/t15-/m1/s1. The van der Waals surface area contributed by atoms with Gasteiger partial charge in [0, 0.05) is 30.2 Å². The van der Waals surface area contributed by atoms with Crippen LogP contribution < -0.4 is 15.4 Å². The summed E-state index contributed by atoms with van der Waals surface area (Å²) in [6, 6.07) is 8.80. The van der Waals surface area contributed by atoms with Crippen molar-refractivity contribution in [1.82, 2.24) is 10.3 Å². The Labute approximate surface area is 132 Å². The maximum absolute atomic E-state index is 5.39. The van der Waals surface area contributed by atoms with Crippen LogP contribution in [-0.4, -0.2) is 31.2 Å². The Kier molecular flexibility index (Phi) is 5.11. The van der Waals surface area contributed by atoms with E-state index in [4.69, 9.17) is 4.74 Å². The molecule has 1 aromatic heterocycles. The molecule has 3 rings (SSSR count). The summed E-state index contributed by atoms with van der Waals surface area (Å²) in [6.07, 6.45) is 8.27. The smallest absolute Gasteiger partial charge is 0.121 e. The van der Waals surface area contributed by atoms with Gasteiger partial charge in [0.15, 0.2) is 0 Å². The van der Waals surface area contributed by atoms with Crippen molar-refractivity contribution < 1.29 is 4.74 Å². The maximum Gasteiger partial charge on any atom is 0.121 e. The molecule has 1 aromatic carbocycles. The summed E-state index contributed by atoms with van der Waals surface area (Å²) in [5.74, 6) is 0.872. The zero-order chi connectivity index (χ0) is 15.2. The van der Waals surface area contributed by atoms with Crippen molar-refractivity contribution in [2.75, 3.05) is 25.5 Å². The van der Waals surface area contributed by atoms with Gasteiger partial charge in [-0.3, -0.25) is 4.98 Å². The number of ether oxygens (including phenoxy) is 1. The molecule has 2 N–H and O–H groups in total. The number of piperidine rings is 1. The van der Waals surface area contributed by atoms with E-state index in [9.17, 15) is 0 Å². The Balaban J connectivity index is 1.60. The molecule has 1 fully saturated rings. The number of pyridine rings is 1. The Morgan fingerprint density at radius 2 is 2.32 bits per heavy atom. The van der Waals surface area contributed by atoms with Crippen molar-refractivity contribution in [3.8, 4) is 5.75 Å². The molecule has 0 amide bonds. The highest BCUT2D eigenvalue weighted by Crippen LogP contribution is 2.27. The fourth-order valence-corrected chi connectivity index (χ4v) is 3.16. The first-order valence-corrected chi connectivity index (χ1v) is 8.27. The highest BCUT2D eigenvalue weighted by Gasteiger charge is 2.11. The number of hydrogen-bond acceptors (Lipinski definition) is 4. The molecule has 0 spiro atoms. The van der Waals surface area contributed by atoms with Gasteiger partial charge in [-0.1, -0.05) is 12.5 Å². The second-order valence-corrected chi connectivity index (χ2v) is 5.97. The molecule has 4 nitrogen and oxygen atoms in total. The zero-order valence-electron chi connectivity index (χ0n) is 13.3. The number of nitrogens with zero attached hydrogens (tertiary/aromatic N) is 1. The molecule has 22 heavy (non-hydrogen) atoms. The Morgan fingerprint density at radius 3 is 3.14 bits per heavy atom. The summed E-state index contributed by atoms with van der Waals surface area (Å²) in [5, 5.41) is 8.25. The fourth-order valence-electron chi connectivity index (χ4n) is 3.16. The quantitative estimate of drug-likeness (QED) is 0.800. The average molecular weight is 299 g/mol. The van der Waals surface area contributed by atoms with E-state index in [1.54, 1.807) is 7.11 Å². The highest BCUT2D eigenvalue weighted by molar-refractivity contribution is 5.91. The number of methoxy groups -OCH3 is 1. The number of fused-ring (bicyclic) bond motifs is 1. The topological polar surface area (TPSA) is 46.2 Å². The van der Waals surface area contributed by atoms with E-state index in [0.717, 1.165) is 28.9 Å². The predicted octanol–water partition coefficient (Wildman–Crippen LogP) is 3.58. The normalized spacial score (nSPS) is 18.3. The fraction of sp³-hybridized carbons (Fsp3) is 0.500. The van der Waals surface area contributed by atoms with Crippen LogP contribution in [-0.2, 0) is 0 Å². The first-order valence-electron chi connectivity index (χ1n) is 8.27. The van der Waals surface area contributed by atoms with Crippen LogP contribution >= 0.6 is 0 Å². The molecule has 0 unspecified atom stereocenters. The monoisotopic (exact) mass is 299 g/mol. The minimum atomic E-state index is 0.704. The summed E-state index contributed by atoms with van der Waals surface area (Å²) in [5.41, 5.74) is 2.07. The zero-order valence-corrected chi connectivity index (χ0v) is 13.3. The molecule has 1 aliphatic heterocycles. The minimum Gasteiger partial charge on any atom is -0.497 e. The number of aromatic nitrogens is 1. The van der Waals surface area contributed by atoms with Crippen LogP contribution in [0.5, 0.6) is 5.75 Å². The van der Waals surface area contributed by atoms with E-state index in [1.807, 2.05) is 24.4 Å². The lowest BCUT2D eigenvalue weighted by molar-refractivity contribution is 0.378. The molecular formula is C18H25N3O. The molecule has 2 aromatic rings. The Morgan fingerprint density at radius 1 is 1.36 bits per heavy atom. The molecule has 1 aliphatic rings. The van der Waals surface area contributed by atoms with Crippen LogP contribution in [0.15, 0.2) is 30.5 Å². The Bertz CT molecular complexity index is 608. The molecule has 1 saturated heterocycles. The van der Waals surface area contributed by atoms with E-state index in [1.165, 1.54) is 38.6 Å². The predicted molar refractivity (Wildman–Crippen MR) is 91.7 cm³/mol. The number of anilines is 1. The van der Waals surface area contributed by atoms with Crippen molar-refractivity contribution in [2.24, 2.45) is 0 Å². The molecule has 0 saturated carbocycles. The second-order valence-electron chi connectivity index (χ2n) is 5.97. The van der Waals surface area contributed by atoms with Gasteiger partial charge in [0.2, 0.25) is 0 Å². The SMILES string of the molecule is COc1cc(NCCC[C@H]2CCCCN2)c2ncccc2c1. The van der Waals surface area contributed by atoms with Crippen molar-refractivity contribution in [2.45, 2.75) is 38.1 Å². The number of rotatable bonds is 6. The van der Waals surface area contributed by atoms with Gasteiger partial charge in [-0.2, -0.15) is 0 Å². The van der Waals surface area contributed by atoms with E-state index in [2.05, 4.69) is 21.7 Å². The van der Waals surface area contributed by atoms with Gasteiger partial charge in [0.1, 0.15) is 5.75 Å². The summed E-state index contributed by atoms with van der Waals surface area (Å²) in [7, 11) is 1.70. The molecular weight excluding hydrogens is 274 g/mol. The molecule has 4 heteroatoms. The van der Waals surface area contributed by atoms with Gasteiger partial charge in [-0.15, -0.1) is 0 Å². The van der Waals surface area contributed by atoms with Gasteiger partial charge in [-0.05, 0) is 44.4 Å². The molecule has 2 heterocycles. The van der Waals surface area contributed by atoms with E-state index >= 15 is 0 Å². The highest BCUT2D eigenvalue weighted by atomic mass is 16.5. The molecule has 1 atom stereocenters. The lowest BCUT2D eigenvalue weighted by Crippen LogP contribution is -2.34. The van der Waals surface area contributed by atoms with Crippen LogP contribution in [0.25, 0.3) is 10.9 Å². The first kappa shape index (κ1) is 15.1. The third-order valence-electron chi connectivity index (χ3n) is 4.37. The summed E-state index contributed by atoms with van der Waals surface area (Å²) >= 11 is 0. The lowest BCUT2D eigenvalue weighted by atomic mass is 10.0. The molecule has 0 aliphatic carbocycles. The van der Waals surface area contributed by atoms with Crippen LogP contribution in [0.4, 0.5) is 5.69 Å². The van der Waals surface area contributed by atoms with Crippen LogP contribution in [0.1, 0.15) is 32.1 Å². The van der Waals surface area contributed by atoms with Crippen LogP contribution in [0, 0.1) is 0 Å². The van der Waals surface area contributed by atoms with Crippen molar-refractivity contribution >= 4 is 16.6 Å². The third kappa shape index (κ3) is 3.69. The Hall–Kier alpha value is -1.81. The molecule has 0 bridgehead atoms. The van der Waals surface area contributed by atoms with Gasteiger partial charge in [-0.25, -0.2) is 0 Å². The van der Waals surface area contributed by atoms with E-state index in [-0.39, 0.29) is 0 Å². The summed E-state index contributed by atoms with van der Waals surface area (Å²) < 4.78 is 5.39. The van der Waals surface area contributed by atoms with Gasteiger partial charge in [0.05, 0.1) is 18.3 Å². The van der Waals surface area contributed by atoms with Gasteiger partial charge in [0.25, 0.3) is 0 Å². The largest absolute Gasteiger partial charge is 0.497 e. The maximum atomic E-state index is 5.39. The summed E-state index contributed by atoms with van der Waals surface area (Å²) in [4.78, 5) is 4.49. The minimum absolute atomic E-state index is 0.704. The number of hydrogen-bond donors (Lipinski definition) is 2.